The van der Waals surface area contributed by atoms with Gasteiger partial charge in [0.15, 0.2) is 16.3 Å². The Balaban J connectivity index is 1.44. The van der Waals surface area contributed by atoms with Gasteiger partial charge in [0.05, 0.1) is 42.2 Å². The lowest BCUT2D eigenvalue weighted by Crippen LogP contribution is -2.40. The van der Waals surface area contributed by atoms with Gasteiger partial charge >= 0.3 is 5.97 Å². The molecule has 0 fully saturated rings. The highest BCUT2D eigenvalue weighted by Crippen LogP contribution is 2.36. The number of aromatic nitrogens is 1. The van der Waals surface area contributed by atoms with Gasteiger partial charge in [-0.15, -0.1) is 0 Å². The molecule has 1 atom stereocenters. The first-order chi connectivity index (χ1) is 22.4. The van der Waals surface area contributed by atoms with Crippen molar-refractivity contribution in [2.75, 3.05) is 20.3 Å². The van der Waals surface area contributed by atoms with Crippen LogP contribution in [0.4, 0.5) is 0 Å². The fourth-order valence-corrected chi connectivity index (χ4v) is 6.72. The van der Waals surface area contributed by atoms with Crippen LogP contribution in [0.15, 0.2) is 106 Å². The molecule has 8 nitrogen and oxygen atoms in total. The number of methoxy groups -OCH3 is 1. The predicted octanol–water partition coefficient (Wildman–Crippen LogP) is 5.94. The second kappa shape index (κ2) is 13.5. The van der Waals surface area contributed by atoms with Crippen LogP contribution in [-0.4, -0.2) is 30.9 Å². The molecule has 0 amide bonds. The van der Waals surface area contributed by atoms with Crippen molar-refractivity contribution >= 4 is 34.2 Å². The van der Waals surface area contributed by atoms with Crippen LogP contribution in [0.2, 0.25) is 0 Å². The minimum absolute atomic E-state index is 0.190. The molecule has 0 spiro atoms. The Kier molecular flexibility index (Phi) is 9.03. The van der Waals surface area contributed by atoms with E-state index in [2.05, 4.69) is 24.3 Å². The number of hydrogen-bond acceptors (Lipinski definition) is 8. The molecule has 46 heavy (non-hydrogen) atoms. The zero-order valence-electron chi connectivity index (χ0n) is 26.1. The maximum atomic E-state index is 14.2. The summed E-state index contributed by atoms with van der Waals surface area (Å²) in [5.74, 6) is 1.19. The molecule has 0 saturated heterocycles. The van der Waals surface area contributed by atoms with E-state index in [0.717, 1.165) is 21.9 Å². The summed E-state index contributed by atoms with van der Waals surface area (Å²) in [6.07, 6.45) is 1.82. The quantitative estimate of drug-likeness (QED) is 0.177. The number of esters is 1. The number of benzene rings is 4. The number of allylic oxidation sites excluding steroid dienone is 1. The zero-order valence-corrected chi connectivity index (χ0v) is 26.9. The van der Waals surface area contributed by atoms with Crippen LogP contribution in [-0.2, 0) is 16.1 Å². The van der Waals surface area contributed by atoms with Gasteiger partial charge in [-0.2, -0.15) is 0 Å². The van der Waals surface area contributed by atoms with E-state index in [1.165, 1.54) is 11.3 Å². The maximum Gasteiger partial charge on any atom is 0.338 e. The lowest BCUT2D eigenvalue weighted by molar-refractivity contribution is -0.139. The van der Waals surface area contributed by atoms with Gasteiger partial charge in [-0.05, 0) is 66.9 Å². The van der Waals surface area contributed by atoms with Gasteiger partial charge in [-0.1, -0.05) is 78.1 Å². The van der Waals surface area contributed by atoms with E-state index in [-0.39, 0.29) is 12.2 Å². The molecule has 0 saturated carbocycles. The summed E-state index contributed by atoms with van der Waals surface area (Å²) in [7, 11) is 1.57. The third-order valence-electron chi connectivity index (χ3n) is 7.79. The number of hydrogen-bond donors (Lipinski definition) is 0. The van der Waals surface area contributed by atoms with Crippen molar-refractivity contribution in [2.45, 2.75) is 33.4 Å². The lowest BCUT2D eigenvalue weighted by atomic mass is 9.95. The number of fused-ring (bicyclic) bond motifs is 2. The highest BCUT2D eigenvalue weighted by Gasteiger charge is 2.34. The molecular formula is C37H34N2O6S. The molecule has 0 N–H and O–H groups in total. The highest BCUT2D eigenvalue weighted by atomic mass is 32.1. The van der Waals surface area contributed by atoms with E-state index in [1.807, 2.05) is 61.5 Å². The first-order valence-electron chi connectivity index (χ1n) is 15.1. The van der Waals surface area contributed by atoms with Gasteiger partial charge in [-0.3, -0.25) is 9.36 Å². The van der Waals surface area contributed by atoms with Crippen LogP contribution in [0.1, 0.15) is 43.5 Å². The molecule has 1 aliphatic heterocycles. The Hall–Kier alpha value is -5.15. The SMILES string of the molecule is CCOC(=O)C1=C(C)N=c2s/c(=C/c3ccccc3OCc3cccc4ccccc34)c(=O)n2[C@H]1c1ccc(OC)c(OCC)c1. The molecule has 0 radical (unpaired) electrons. The summed E-state index contributed by atoms with van der Waals surface area (Å²) in [6.45, 7) is 6.37. The van der Waals surface area contributed by atoms with Gasteiger partial charge < -0.3 is 18.9 Å². The zero-order chi connectivity index (χ0) is 32.2. The second-order valence-corrected chi connectivity index (χ2v) is 11.6. The molecule has 4 aromatic carbocycles. The van der Waals surface area contributed by atoms with Crippen molar-refractivity contribution in [3.63, 3.8) is 0 Å². The Morgan fingerprint density at radius 1 is 0.913 bits per heavy atom. The molecule has 2 heterocycles. The minimum Gasteiger partial charge on any atom is -0.493 e. The minimum atomic E-state index is -0.777. The smallest absolute Gasteiger partial charge is 0.338 e. The number of thiazole rings is 1. The number of para-hydroxylation sites is 1. The van der Waals surface area contributed by atoms with E-state index in [0.29, 0.717) is 56.6 Å². The largest absolute Gasteiger partial charge is 0.493 e. The fraction of sp³-hybridized carbons (Fsp3) is 0.216. The second-order valence-electron chi connectivity index (χ2n) is 10.6. The molecule has 0 unspecified atom stereocenters. The summed E-state index contributed by atoms with van der Waals surface area (Å²) in [6, 6.07) is 26.6. The Bertz CT molecular complexity index is 2140. The summed E-state index contributed by atoms with van der Waals surface area (Å²) in [5, 5.41) is 2.28. The summed E-state index contributed by atoms with van der Waals surface area (Å²) < 4.78 is 25.1. The first kappa shape index (κ1) is 30.9. The third kappa shape index (κ3) is 5.93. The van der Waals surface area contributed by atoms with Gasteiger partial charge in [0, 0.05) is 5.56 Å². The third-order valence-corrected chi connectivity index (χ3v) is 8.77. The molecule has 5 aromatic rings. The standard InChI is InChI=1S/C37H34N2O6S/c1-5-43-31-20-26(18-19-30(31)42-4)34-33(36(41)44-6-2)23(3)38-37-39(34)35(40)32(46-37)21-25-13-8-10-17-29(25)45-22-27-15-11-14-24-12-7-9-16-28(24)27/h7-21,34H,5-6,22H2,1-4H3/b32-21+/t34-/m0/s1. The summed E-state index contributed by atoms with van der Waals surface area (Å²) in [4.78, 5) is 32.7. The van der Waals surface area contributed by atoms with Crippen molar-refractivity contribution in [1.29, 1.82) is 0 Å². The normalized spacial score (nSPS) is 14.5. The maximum absolute atomic E-state index is 14.2. The Morgan fingerprint density at radius 3 is 2.50 bits per heavy atom. The van der Waals surface area contributed by atoms with Crippen LogP contribution >= 0.6 is 11.3 Å². The molecule has 6 rings (SSSR count). The first-order valence-corrected chi connectivity index (χ1v) is 15.9. The summed E-state index contributed by atoms with van der Waals surface area (Å²) in [5.41, 5.74) is 3.01. The number of nitrogens with zero attached hydrogens (tertiary/aromatic N) is 2. The van der Waals surface area contributed by atoms with Crippen molar-refractivity contribution in [3.8, 4) is 17.2 Å². The van der Waals surface area contributed by atoms with Gasteiger partial charge in [0.2, 0.25) is 0 Å². The van der Waals surface area contributed by atoms with E-state index < -0.39 is 12.0 Å². The number of rotatable bonds is 10. The number of carbonyl (C=O) groups excluding carboxylic acids is 1. The number of carbonyl (C=O) groups is 1. The van der Waals surface area contributed by atoms with E-state index in [9.17, 15) is 9.59 Å². The molecule has 234 valence electrons. The van der Waals surface area contributed by atoms with Crippen LogP contribution in [0, 0.1) is 0 Å². The molecular weight excluding hydrogens is 600 g/mol. The van der Waals surface area contributed by atoms with Crippen molar-refractivity contribution in [2.24, 2.45) is 4.99 Å². The van der Waals surface area contributed by atoms with Crippen molar-refractivity contribution in [3.05, 3.63) is 133 Å². The van der Waals surface area contributed by atoms with Gasteiger partial charge in [-0.25, -0.2) is 9.79 Å². The van der Waals surface area contributed by atoms with Gasteiger partial charge in [0.25, 0.3) is 5.56 Å². The molecule has 1 aromatic heterocycles. The van der Waals surface area contributed by atoms with Crippen LogP contribution in [0.25, 0.3) is 16.8 Å². The molecule has 9 heteroatoms. The van der Waals surface area contributed by atoms with E-state index in [1.54, 1.807) is 37.7 Å². The predicted molar refractivity (Wildman–Crippen MR) is 179 cm³/mol. The van der Waals surface area contributed by atoms with E-state index in [4.69, 9.17) is 23.9 Å². The molecule has 1 aliphatic rings. The molecule has 0 bridgehead atoms. The molecule has 0 aliphatic carbocycles. The van der Waals surface area contributed by atoms with Crippen molar-refractivity contribution in [1.82, 2.24) is 4.57 Å². The average Bonchev–Trinajstić information content (AvgIpc) is 3.37. The van der Waals surface area contributed by atoms with Crippen LogP contribution in [0.3, 0.4) is 0 Å². The van der Waals surface area contributed by atoms with Crippen molar-refractivity contribution < 1.29 is 23.7 Å². The van der Waals surface area contributed by atoms with Crippen LogP contribution < -0.4 is 29.1 Å². The highest BCUT2D eigenvalue weighted by molar-refractivity contribution is 7.07. The Morgan fingerprint density at radius 2 is 1.70 bits per heavy atom. The van der Waals surface area contributed by atoms with E-state index >= 15 is 0 Å². The lowest BCUT2D eigenvalue weighted by Gasteiger charge is -2.25. The van der Waals surface area contributed by atoms with Crippen LogP contribution in [0.5, 0.6) is 17.2 Å². The number of ether oxygens (including phenoxy) is 4. The topological polar surface area (TPSA) is 88.4 Å². The monoisotopic (exact) mass is 634 g/mol. The fourth-order valence-electron chi connectivity index (χ4n) is 5.68. The average molecular weight is 635 g/mol. The summed E-state index contributed by atoms with van der Waals surface area (Å²) >= 11 is 1.26. The Labute approximate surface area is 270 Å². The van der Waals surface area contributed by atoms with Gasteiger partial charge in [0.1, 0.15) is 12.4 Å².